The van der Waals surface area contributed by atoms with Crippen LogP contribution >= 0.6 is 15.9 Å². The van der Waals surface area contributed by atoms with Crippen LogP contribution in [0.15, 0.2) is 46.9 Å². The molecule has 1 atom stereocenters. The van der Waals surface area contributed by atoms with Gasteiger partial charge in [0.05, 0.1) is 5.56 Å². The van der Waals surface area contributed by atoms with E-state index in [1.807, 2.05) is 25.1 Å². The summed E-state index contributed by atoms with van der Waals surface area (Å²) < 4.78 is 0.858. The van der Waals surface area contributed by atoms with Crippen molar-refractivity contribution in [3.8, 4) is 0 Å². The first-order chi connectivity index (χ1) is 10.1. The van der Waals surface area contributed by atoms with Gasteiger partial charge in [-0.2, -0.15) is 0 Å². The maximum Gasteiger partial charge on any atom is 0.252 e. The van der Waals surface area contributed by atoms with Crippen LogP contribution in [0.5, 0.6) is 0 Å². The molecule has 2 aromatic carbocycles. The number of hydrogen-bond donors (Lipinski definition) is 1. The lowest BCUT2D eigenvalue weighted by atomic mass is 9.88. The number of hydrogen-bond acceptors (Lipinski definition) is 1. The first-order valence-electron chi connectivity index (χ1n) is 7.27. The molecule has 0 radical (unpaired) electrons. The van der Waals surface area contributed by atoms with Crippen LogP contribution in [0, 0.1) is 6.92 Å². The van der Waals surface area contributed by atoms with Crippen molar-refractivity contribution < 1.29 is 4.79 Å². The number of carbonyl (C=O) groups excluding carboxylic acids is 1. The normalized spacial score (nSPS) is 17.1. The zero-order valence-electron chi connectivity index (χ0n) is 12.0. The Morgan fingerprint density at radius 1 is 1.19 bits per heavy atom. The number of rotatable bonds is 2. The summed E-state index contributed by atoms with van der Waals surface area (Å²) in [6.45, 7) is 2.02. The van der Waals surface area contributed by atoms with Gasteiger partial charge >= 0.3 is 0 Å². The molecule has 1 aliphatic carbocycles. The smallest absolute Gasteiger partial charge is 0.252 e. The minimum Gasteiger partial charge on any atom is -0.349 e. The summed E-state index contributed by atoms with van der Waals surface area (Å²) in [5, 5.41) is 3.17. The molecule has 3 rings (SSSR count). The summed E-state index contributed by atoms with van der Waals surface area (Å²) in [5.74, 6) is 0.00579. The number of benzene rings is 2. The summed E-state index contributed by atoms with van der Waals surface area (Å²) in [7, 11) is 0. The predicted molar refractivity (Wildman–Crippen MR) is 88.6 cm³/mol. The molecule has 1 aliphatic rings. The van der Waals surface area contributed by atoms with E-state index < -0.39 is 0 Å². The second-order valence-corrected chi connectivity index (χ2v) is 6.52. The Bertz CT molecular complexity index is 681. The molecule has 1 amide bonds. The fourth-order valence-corrected chi connectivity index (χ4v) is 3.56. The van der Waals surface area contributed by atoms with E-state index in [-0.39, 0.29) is 11.9 Å². The van der Waals surface area contributed by atoms with Gasteiger partial charge in [-0.25, -0.2) is 0 Å². The van der Waals surface area contributed by atoms with Crippen molar-refractivity contribution in [1.82, 2.24) is 5.32 Å². The largest absolute Gasteiger partial charge is 0.349 e. The zero-order chi connectivity index (χ0) is 14.8. The Morgan fingerprint density at radius 3 is 2.71 bits per heavy atom. The molecule has 2 nitrogen and oxygen atoms in total. The number of fused-ring (bicyclic) bond motifs is 1. The Labute approximate surface area is 133 Å². The molecule has 3 heteroatoms. The molecule has 1 unspecified atom stereocenters. The van der Waals surface area contributed by atoms with Crippen molar-refractivity contribution in [2.75, 3.05) is 0 Å². The summed E-state index contributed by atoms with van der Waals surface area (Å²) in [6.07, 6.45) is 2.97. The van der Waals surface area contributed by atoms with E-state index in [4.69, 9.17) is 0 Å². The molecule has 0 bridgehead atoms. The molecule has 0 heterocycles. The van der Waals surface area contributed by atoms with Gasteiger partial charge in [0.2, 0.25) is 0 Å². The van der Waals surface area contributed by atoms with Crippen molar-refractivity contribution in [1.29, 1.82) is 0 Å². The second-order valence-electron chi connectivity index (χ2n) is 5.67. The first kappa shape index (κ1) is 14.3. The van der Waals surface area contributed by atoms with Crippen LogP contribution in [0.3, 0.4) is 0 Å². The van der Waals surface area contributed by atoms with Crippen LogP contribution in [0.1, 0.15) is 33.5 Å². The fourth-order valence-electron chi connectivity index (χ4n) is 2.89. The molecule has 0 saturated carbocycles. The van der Waals surface area contributed by atoms with E-state index in [0.29, 0.717) is 5.56 Å². The van der Waals surface area contributed by atoms with Crippen LogP contribution < -0.4 is 5.32 Å². The van der Waals surface area contributed by atoms with E-state index in [2.05, 4.69) is 45.5 Å². The van der Waals surface area contributed by atoms with E-state index in [1.165, 1.54) is 11.1 Å². The Morgan fingerprint density at radius 2 is 1.95 bits per heavy atom. The number of aryl methyl sites for hydroxylation is 2. The van der Waals surface area contributed by atoms with Crippen molar-refractivity contribution in [2.24, 2.45) is 0 Å². The van der Waals surface area contributed by atoms with Crippen LogP contribution in [0.25, 0.3) is 0 Å². The lowest BCUT2D eigenvalue weighted by molar-refractivity contribution is 0.0933. The van der Waals surface area contributed by atoms with Crippen molar-refractivity contribution in [2.45, 2.75) is 32.2 Å². The Kier molecular flexibility index (Phi) is 4.11. The van der Waals surface area contributed by atoms with Gasteiger partial charge in [-0.1, -0.05) is 30.3 Å². The first-order valence-corrected chi connectivity index (χ1v) is 8.06. The standard InChI is InChI=1S/C18H18BrNO/c1-12-6-9-16(17(19)10-12)18(21)20-15-8-7-13-4-2-3-5-14(13)11-15/h2-6,9-10,15H,7-8,11H2,1H3,(H,20,21). The third-order valence-electron chi connectivity index (χ3n) is 4.05. The second kappa shape index (κ2) is 6.02. The topological polar surface area (TPSA) is 29.1 Å². The molecule has 0 spiro atoms. The summed E-state index contributed by atoms with van der Waals surface area (Å²) >= 11 is 3.48. The summed E-state index contributed by atoms with van der Waals surface area (Å²) in [4.78, 5) is 12.4. The maximum absolute atomic E-state index is 12.4. The molecule has 108 valence electrons. The lowest BCUT2D eigenvalue weighted by Crippen LogP contribution is -2.39. The molecule has 0 fully saturated rings. The maximum atomic E-state index is 12.4. The monoisotopic (exact) mass is 343 g/mol. The lowest BCUT2D eigenvalue weighted by Gasteiger charge is -2.25. The summed E-state index contributed by atoms with van der Waals surface area (Å²) in [6, 6.07) is 14.5. The highest BCUT2D eigenvalue weighted by molar-refractivity contribution is 9.10. The van der Waals surface area contributed by atoms with Crippen LogP contribution in [-0.2, 0) is 12.8 Å². The van der Waals surface area contributed by atoms with E-state index in [9.17, 15) is 4.79 Å². The van der Waals surface area contributed by atoms with E-state index >= 15 is 0 Å². The average Bonchev–Trinajstić information content (AvgIpc) is 2.47. The molecular weight excluding hydrogens is 326 g/mol. The van der Waals surface area contributed by atoms with Gasteiger partial charge in [0.25, 0.3) is 5.91 Å². The van der Waals surface area contributed by atoms with Gasteiger partial charge in [-0.15, -0.1) is 0 Å². The van der Waals surface area contributed by atoms with Gasteiger partial charge < -0.3 is 5.32 Å². The third-order valence-corrected chi connectivity index (χ3v) is 4.71. The fraction of sp³-hybridized carbons (Fsp3) is 0.278. The van der Waals surface area contributed by atoms with E-state index in [1.54, 1.807) is 0 Å². The van der Waals surface area contributed by atoms with Gasteiger partial charge in [0, 0.05) is 10.5 Å². The predicted octanol–water partition coefficient (Wildman–Crippen LogP) is 4.04. The van der Waals surface area contributed by atoms with Crippen LogP contribution in [0.4, 0.5) is 0 Å². The van der Waals surface area contributed by atoms with E-state index in [0.717, 1.165) is 29.3 Å². The van der Waals surface area contributed by atoms with Gasteiger partial charge in [-0.05, 0) is 70.9 Å². The molecule has 21 heavy (non-hydrogen) atoms. The highest BCUT2D eigenvalue weighted by Gasteiger charge is 2.21. The molecule has 2 aromatic rings. The number of carbonyl (C=O) groups is 1. The SMILES string of the molecule is Cc1ccc(C(=O)NC2CCc3ccccc3C2)c(Br)c1. The summed E-state index contributed by atoms with van der Waals surface area (Å²) in [5.41, 5.74) is 4.63. The number of halogens is 1. The van der Waals surface area contributed by atoms with Gasteiger partial charge in [-0.3, -0.25) is 4.79 Å². The molecule has 1 N–H and O–H groups in total. The zero-order valence-corrected chi connectivity index (χ0v) is 13.6. The van der Waals surface area contributed by atoms with Crippen molar-refractivity contribution in [3.05, 3.63) is 69.2 Å². The molecule has 0 aliphatic heterocycles. The van der Waals surface area contributed by atoms with Gasteiger partial charge in [0.1, 0.15) is 0 Å². The third kappa shape index (κ3) is 3.18. The molecule has 0 aromatic heterocycles. The highest BCUT2D eigenvalue weighted by atomic mass is 79.9. The molecule has 0 saturated heterocycles. The number of nitrogens with one attached hydrogen (secondary N) is 1. The Hall–Kier alpha value is -1.61. The molecular formula is C18H18BrNO. The minimum absolute atomic E-state index is 0.00579. The van der Waals surface area contributed by atoms with Crippen LogP contribution in [-0.4, -0.2) is 11.9 Å². The highest BCUT2D eigenvalue weighted by Crippen LogP contribution is 2.22. The van der Waals surface area contributed by atoms with Gasteiger partial charge in [0.15, 0.2) is 0 Å². The number of amides is 1. The van der Waals surface area contributed by atoms with Crippen LogP contribution in [0.2, 0.25) is 0 Å². The minimum atomic E-state index is 0.00579. The van der Waals surface area contributed by atoms with Crippen molar-refractivity contribution >= 4 is 21.8 Å². The van der Waals surface area contributed by atoms with Crippen molar-refractivity contribution in [3.63, 3.8) is 0 Å². The Balaban J connectivity index is 1.71. The average molecular weight is 344 g/mol. The quantitative estimate of drug-likeness (QED) is 0.875.